The largest absolute Gasteiger partial charge is 0.321 e. The van der Waals surface area contributed by atoms with Crippen LogP contribution in [0.2, 0.25) is 0 Å². The van der Waals surface area contributed by atoms with E-state index in [2.05, 4.69) is 29.0 Å². The number of hydrogen-bond acceptors (Lipinski definition) is 4. The zero-order valence-corrected chi connectivity index (χ0v) is 8.96. The molecule has 15 heavy (non-hydrogen) atoms. The van der Waals surface area contributed by atoms with Crippen molar-refractivity contribution in [3.8, 4) is 0 Å². The molecule has 2 aromatic heterocycles. The van der Waals surface area contributed by atoms with Gasteiger partial charge in [0.15, 0.2) is 11.5 Å². The van der Waals surface area contributed by atoms with E-state index >= 15 is 0 Å². The van der Waals surface area contributed by atoms with Gasteiger partial charge in [-0.2, -0.15) is 0 Å². The first-order valence-corrected chi connectivity index (χ1v) is 5.14. The minimum Gasteiger partial charge on any atom is -0.321 e. The highest BCUT2D eigenvalue weighted by Crippen LogP contribution is 2.20. The van der Waals surface area contributed by atoms with Crippen LogP contribution in [-0.4, -0.2) is 19.6 Å². The van der Waals surface area contributed by atoms with Gasteiger partial charge >= 0.3 is 0 Å². The molecule has 0 amide bonds. The first-order chi connectivity index (χ1) is 7.24. The molecule has 0 fully saturated rings. The molecule has 5 nitrogen and oxygen atoms in total. The summed E-state index contributed by atoms with van der Waals surface area (Å²) >= 11 is 0. The molecular formula is C10H15N5. The second-order valence-corrected chi connectivity index (χ2v) is 3.77. The highest BCUT2D eigenvalue weighted by Gasteiger charge is 2.18. The molecule has 5 heteroatoms. The van der Waals surface area contributed by atoms with Crippen LogP contribution in [0.3, 0.4) is 0 Å². The van der Waals surface area contributed by atoms with Crippen molar-refractivity contribution in [1.29, 1.82) is 0 Å². The van der Waals surface area contributed by atoms with Gasteiger partial charge in [0, 0.05) is 12.4 Å². The number of aromatic nitrogens is 4. The number of rotatable bonds is 3. The van der Waals surface area contributed by atoms with Gasteiger partial charge in [-0.1, -0.05) is 20.3 Å². The molecule has 0 bridgehead atoms. The third kappa shape index (κ3) is 1.70. The fraction of sp³-hybridized carbons (Fsp3) is 0.500. The first kappa shape index (κ1) is 10.0. The maximum atomic E-state index is 6.12. The summed E-state index contributed by atoms with van der Waals surface area (Å²) in [6.07, 6.45) is 6.26. The number of hydrogen-bond donors (Lipinski definition) is 1. The molecule has 0 aromatic carbocycles. The van der Waals surface area contributed by atoms with E-state index in [4.69, 9.17) is 5.73 Å². The summed E-state index contributed by atoms with van der Waals surface area (Å²) in [5.41, 5.74) is 6.86. The van der Waals surface area contributed by atoms with Crippen molar-refractivity contribution in [2.75, 3.05) is 0 Å². The minimum absolute atomic E-state index is 0.0765. The molecule has 2 atom stereocenters. The topological polar surface area (TPSA) is 69.1 Å². The lowest BCUT2D eigenvalue weighted by atomic mass is 10.00. The molecule has 0 saturated heterocycles. The molecule has 0 aliphatic rings. The molecule has 2 N–H and O–H groups in total. The van der Waals surface area contributed by atoms with Crippen molar-refractivity contribution >= 4 is 5.65 Å². The maximum Gasteiger partial charge on any atom is 0.179 e. The van der Waals surface area contributed by atoms with Gasteiger partial charge in [0.2, 0.25) is 0 Å². The van der Waals surface area contributed by atoms with Crippen LogP contribution in [0, 0.1) is 5.92 Å². The minimum atomic E-state index is -0.0765. The van der Waals surface area contributed by atoms with Crippen LogP contribution >= 0.6 is 0 Å². The van der Waals surface area contributed by atoms with Crippen LogP contribution < -0.4 is 5.73 Å². The van der Waals surface area contributed by atoms with E-state index in [1.54, 1.807) is 12.4 Å². The Balaban J connectivity index is 2.43. The SMILES string of the molecule is CCC(C)C(N)c1nnc2cnccn12. The number of nitrogens with two attached hydrogens (primary N) is 1. The van der Waals surface area contributed by atoms with Gasteiger partial charge in [-0.3, -0.25) is 9.38 Å². The second-order valence-electron chi connectivity index (χ2n) is 3.77. The van der Waals surface area contributed by atoms with Crippen molar-refractivity contribution in [3.05, 3.63) is 24.4 Å². The van der Waals surface area contributed by atoms with Crippen LogP contribution in [0.15, 0.2) is 18.6 Å². The average molecular weight is 205 g/mol. The van der Waals surface area contributed by atoms with E-state index in [1.807, 2.05) is 10.6 Å². The standard InChI is InChI=1S/C10H15N5/c1-3-7(2)9(11)10-14-13-8-6-12-4-5-15(8)10/h4-7,9H,3,11H2,1-2H3. The van der Waals surface area contributed by atoms with E-state index in [1.165, 1.54) is 0 Å². The summed E-state index contributed by atoms with van der Waals surface area (Å²) in [7, 11) is 0. The zero-order chi connectivity index (χ0) is 10.8. The molecule has 0 spiro atoms. The zero-order valence-electron chi connectivity index (χ0n) is 8.96. The Labute approximate surface area is 88.3 Å². The predicted octanol–water partition coefficient (Wildman–Crippen LogP) is 1.17. The van der Waals surface area contributed by atoms with Gasteiger partial charge < -0.3 is 5.73 Å². The lowest BCUT2D eigenvalue weighted by Gasteiger charge is -2.15. The number of nitrogens with zero attached hydrogens (tertiary/aromatic N) is 4. The highest BCUT2D eigenvalue weighted by atomic mass is 15.3. The molecule has 2 unspecified atom stereocenters. The lowest BCUT2D eigenvalue weighted by Crippen LogP contribution is -2.21. The molecule has 0 radical (unpaired) electrons. The molecular weight excluding hydrogens is 190 g/mol. The van der Waals surface area contributed by atoms with Crippen molar-refractivity contribution in [2.24, 2.45) is 11.7 Å². The van der Waals surface area contributed by atoms with Gasteiger partial charge in [-0.25, -0.2) is 0 Å². The fourth-order valence-electron chi connectivity index (χ4n) is 1.51. The third-order valence-electron chi connectivity index (χ3n) is 2.80. The summed E-state index contributed by atoms with van der Waals surface area (Å²) in [6, 6.07) is -0.0765. The van der Waals surface area contributed by atoms with E-state index in [0.29, 0.717) is 5.92 Å². The molecule has 0 aliphatic heterocycles. The monoisotopic (exact) mass is 205 g/mol. The van der Waals surface area contributed by atoms with Crippen molar-refractivity contribution in [3.63, 3.8) is 0 Å². The van der Waals surface area contributed by atoms with E-state index in [9.17, 15) is 0 Å². The summed E-state index contributed by atoms with van der Waals surface area (Å²) in [5, 5.41) is 8.14. The molecule has 0 saturated carbocycles. The normalized spacial score (nSPS) is 15.4. The van der Waals surface area contributed by atoms with Gasteiger partial charge in [-0.05, 0) is 5.92 Å². The quantitative estimate of drug-likeness (QED) is 0.816. The Morgan fingerprint density at radius 1 is 1.47 bits per heavy atom. The molecule has 2 heterocycles. The Bertz CT molecular complexity index is 450. The van der Waals surface area contributed by atoms with Gasteiger partial charge in [0.05, 0.1) is 12.2 Å². The van der Waals surface area contributed by atoms with Gasteiger partial charge in [0.25, 0.3) is 0 Å². The predicted molar refractivity (Wildman–Crippen MR) is 57.2 cm³/mol. The highest BCUT2D eigenvalue weighted by molar-refractivity contribution is 5.34. The Morgan fingerprint density at radius 3 is 3.00 bits per heavy atom. The Morgan fingerprint density at radius 2 is 2.27 bits per heavy atom. The first-order valence-electron chi connectivity index (χ1n) is 5.14. The lowest BCUT2D eigenvalue weighted by molar-refractivity contribution is 0.436. The summed E-state index contributed by atoms with van der Waals surface area (Å²) < 4.78 is 1.89. The Kier molecular flexibility index (Phi) is 2.64. The molecule has 0 aliphatic carbocycles. The maximum absolute atomic E-state index is 6.12. The van der Waals surface area contributed by atoms with Crippen molar-refractivity contribution < 1.29 is 0 Å². The van der Waals surface area contributed by atoms with Crippen molar-refractivity contribution in [1.82, 2.24) is 19.6 Å². The van der Waals surface area contributed by atoms with Crippen LogP contribution in [0.25, 0.3) is 5.65 Å². The summed E-state index contributed by atoms with van der Waals surface area (Å²) in [4.78, 5) is 3.99. The third-order valence-corrected chi connectivity index (χ3v) is 2.80. The van der Waals surface area contributed by atoms with Crippen LogP contribution in [0.4, 0.5) is 0 Å². The molecule has 80 valence electrons. The van der Waals surface area contributed by atoms with E-state index < -0.39 is 0 Å². The fourth-order valence-corrected chi connectivity index (χ4v) is 1.51. The number of fused-ring (bicyclic) bond motifs is 1. The second kappa shape index (κ2) is 3.94. The van der Waals surface area contributed by atoms with Crippen LogP contribution in [0.5, 0.6) is 0 Å². The van der Waals surface area contributed by atoms with Gasteiger partial charge in [0.1, 0.15) is 0 Å². The van der Waals surface area contributed by atoms with Crippen LogP contribution in [0.1, 0.15) is 32.1 Å². The molecule has 2 aromatic rings. The van der Waals surface area contributed by atoms with E-state index in [-0.39, 0.29) is 6.04 Å². The van der Waals surface area contributed by atoms with Crippen LogP contribution in [-0.2, 0) is 0 Å². The average Bonchev–Trinajstić information content (AvgIpc) is 2.70. The summed E-state index contributed by atoms with van der Waals surface area (Å²) in [6.45, 7) is 4.24. The molecule has 2 rings (SSSR count). The smallest absolute Gasteiger partial charge is 0.179 e. The summed E-state index contributed by atoms with van der Waals surface area (Å²) in [5.74, 6) is 1.20. The Hall–Kier alpha value is -1.49. The van der Waals surface area contributed by atoms with E-state index in [0.717, 1.165) is 17.9 Å². The van der Waals surface area contributed by atoms with Crippen molar-refractivity contribution in [2.45, 2.75) is 26.3 Å². The van der Waals surface area contributed by atoms with Gasteiger partial charge in [-0.15, -0.1) is 10.2 Å².